The number of aryl methyl sites for hydroxylation is 2. The molecule has 0 saturated carbocycles. The number of nitrogens with one attached hydrogen (secondary N) is 1. The zero-order valence-electron chi connectivity index (χ0n) is 16.0. The van der Waals surface area contributed by atoms with Crippen LogP contribution in [0.25, 0.3) is 6.08 Å². The SMILES string of the molecule is COc1cccc(C=CC(=O)NCCOc2c(C)cccc2C)c1OC(F)F. The van der Waals surface area contributed by atoms with Crippen LogP contribution in [-0.2, 0) is 4.79 Å². The Balaban J connectivity index is 1.92. The molecule has 0 saturated heterocycles. The molecule has 1 N–H and O–H groups in total. The third kappa shape index (κ3) is 5.97. The van der Waals surface area contributed by atoms with Gasteiger partial charge in [-0.2, -0.15) is 8.78 Å². The van der Waals surface area contributed by atoms with Crippen LogP contribution in [0.5, 0.6) is 17.2 Å². The molecule has 0 heterocycles. The summed E-state index contributed by atoms with van der Waals surface area (Å²) in [5.74, 6) is 0.459. The van der Waals surface area contributed by atoms with Crippen LogP contribution < -0.4 is 19.5 Å². The zero-order valence-corrected chi connectivity index (χ0v) is 16.0. The summed E-state index contributed by atoms with van der Waals surface area (Å²) in [6, 6.07) is 10.5. The molecule has 5 nitrogen and oxygen atoms in total. The van der Waals surface area contributed by atoms with Gasteiger partial charge < -0.3 is 19.5 Å². The van der Waals surface area contributed by atoms with Crippen molar-refractivity contribution in [3.05, 3.63) is 59.2 Å². The number of para-hydroxylation sites is 2. The molecular weight excluding hydrogens is 368 g/mol. The Labute approximate surface area is 162 Å². The Hall–Kier alpha value is -3.09. The predicted octanol–water partition coefficient (Wildman–Crippen LogP) is 4.12. The number of rotatable bonds is 9. The molecule has 1 amide bonds. The van der Waals surface area contributed by atoms with Gasteiger partial charge in [-0.15, -0.1) is 0 Å². The minimum Gasteiger partial charge on any atom is -0.493 e. The number of carbonyl (C=O) groups is 1. The van der Waals surface area contributed by atoms with Crippen LogP contribution in [0.4, 0.5) is 8.78 Å². The summed E-state index contributed by atoms with van der Waals surface area (Å²) >= 11 is 0. The first-order valence-electron chi connectivity index (χ1n) is 8.69. The summed E-state index contributed by atoms with van der Waals surface area (Å²) < 4.78 is 40.5. The fourth-order valence-electron chi connectivity index (χ4n) is 2.62. The maximum atomic E-state index is 12.6. The third-order valence-electron chi connectivity index (χ3n) is 3.91. The van der Waals surface area contributed by atoms with Gasteiger partial charge in [-0.1, -0.05) is 30.3 Å². The topological polar surface area (TPSA) is 56.8 Å². The number of halogens is 2. The monoisotopic (exact) mass is 391 g/mol. The molecule has 0 atom stereocenters. The summed E-state index contributed by atoms with van der Waals surface area (Å²) in [5, 5.41) is 2.68. The lowest BCUT2D eigenvalue weighted by molar-refractivity contribution is -0.116. The van der Waals surface area contributed by atoms with Crippen molar-refractivity contribution in [2.24, 2.45) is 0 Å². The first-order valence-corrected chi connectivity index (χ1v) is 8.69. The van der Waals surface area contributed by atoms with Crippen LogP contribution in [0.3, 0.4) is 0 Å². The van der Waals surface area contributed by atoms with Crippen molar-refractivity contribution >= 4 is 12.0 Å². The van der Waals surface area contributed by atoms with Crippen molar-refractivity contribution in [2.75, 3.05) is 20.3 Å². The molecule has 0 radical (unpaired) electrons. The number of benzene rings is 2. The smallest absolute Gasteiger partial charge is 0.387 e. The molecule has 0 bridgehead atoms. The molecule has 0 unspecified atom stereocenters. The average Bonchev–Trinajstić information content (AvgIpc) is 2.65. The van der Waals surface area contributed by atoms with Gasteiger partial charge in [0.15, 0.2) is 11.5 Å². The summed E-state index contributed by atoms with van der Waals surface area (Å²) in [6.45, 7) is 1.52. The molecular formula is C21H23F2NO4. The van der Waals surface area contributed by atoms with Crippen LogP contribution in [-0.4, -0.2) is 32.8 Å². The first kappa shape index (κ1) is 21.2. The summed E-state index contributed by atoms with van der Waals surface area (Å²) in [7, 11) is 1.35. The van der Waals surface area contributed by atoms with E-state index in [4.69, 9.17) is 9.47 Å². The minimum absolute atomic E-state index is 0.123. The first-order chi connectivity index (χ1) is 13.4. The lowest BCUT2D eigenvalue weighted by Gasteiger charge is -2.12. The van der Waals surface area contributed by atoms with Crippen molar-refractivity contribution in [2.45, 2.75) is 20.5 Å². The van der Waals surface area contributed by atoms with Crippen molar-refractivity contribution in [1.29, 1.82) is 0 Å². The van der Waals surface area contributed by atoms with Gasteiger partial charge in [0.2, 0.25) is 5.91 Å². The number of ether oxygens (including phenoxy) is 3. The largest absolute Gasteiger partial charge is 0.493 e. The molecule has 0 aromatic heterocycles. The Morgan fingerprint density at radius 2 is 1.79 bits per heavy atom. The number of hydrogen-bond donors (Lipinski definition) is 1. The van der Waals surface area contributed by atoms with E-state index in [1.165, 1.54) is 25.3 Å². The highest BCUT2D eigenvalue weighted by atomic mass is 19.3. The Morgan fingerprint density at radius 1 is 1.11 bits per heavy atom. The van der Waals surface area contributed by atoms with E-state index in [1.54, 1.807) is 12.1 Å². The van der Waals surface area contributed by atoms with Crippen molar-refractivity contribution in [1.82, 2.24) is 5.32 Å². The second-order valence-corrected chi connectivity index (χ2v) is 5.95. The summed E-state index contributed by atoms with van der Waals surface area (Å²) in [5.41, 5.74) is 2.35. The van der Waals surface area contributed by atoms with Gasteiger partial charge >= 0.3 is 6.61 Å². The average molecular weight is 391 g/mol. The maximum Gasteiger partial charge on any atom is 0.387 e. The number of amides is 1. The van der Waals surface area contributed by atoms with Crippen LogP contribution >= 0.6 is 0 Å². The van der Waals surface area contributed by atoms with Crippen molar-refractivity contribution in [3.8, 4) is 17.2 Å². The van der Waals surface area contributed by atoms with E-state index >= 15 is 0 Å². The van der Waals surface area contributed by atoms with Crippen LogP contribution in [0, 0.1) is 13.8 Å². The molecule has 0 fully saturated rings. The molecule has 2 rings (SSSR count). The fourth-order valence-corrected chi connectivity index (χ4v) is 2.62. The molecule has 0 aliphatic rings. The highest BCUT2D eigenvalue weighted by Crippen LogP contribution is 2.33. The van der Waals surface area contributed by atoms with Crippen molar-refractivity contribution < 1.29 is 27.8 Å². The maximum absolute atomic E-state index is 12.6. The summed E-state index contributed by atoms with van der Waals surface area (Å²) in [4.78, 5) is 12.0. The molecule has 28 heavy (non-hydrogen) atoms. The van der Waals surface area contributed by atoms with E-state index in [2.05, 4.69) is 10.1 Å². The Bertz CT molecular complexity index is 817. The van der Waals surface area contributed by atoms with Gasteiger partial charge in [0, 0.05) is 11.6 Å². The molecule has 2 aromatic carbocycles. The number of alkyl halides is 2. The predicted molar refractivity (Wildman–Crippen MR) is 103 cm³/mol. The van der Waals surface area contributed by atoms with Gasteiger partial charge in [-0.3, -0.25) is 4.79 Å². The Kier molecular flexibility index (Phi) is 7.80. The number of hydrogen-bond acceptors (Lipinski definition) is 4. The van der Waals surface area contributed by atoms with Crippen molar-refractivity contribution in [3.63, 3.8) is 0 Å². The van der Waals surface area contributed by atoms with Crippen LogP contribution in [0.1, 0.15) is 16.7 Å². The van der Waals surface area contributed by atoms with E-state index in [9.17, 15) is 13.6 Å². The van der Waals surface area contributed by atoms with Gasteiger partial charge in [-0.25, -0.2) is 0 Å². The van der Waals surface area contributed by atoms with Gasteiger partial charge in [0.25, 0.3) is 0 Å². The standard InChI is InChI=1S/C21H23F2NO4/c1-14-6-4-7-15(2)19(14)27-13-12-24-18(25)11-10-16-8-5-9-17(26-3)20(16)28-21(22)23/h4-11,21H,12-13H2,1-3H3,(H,24,25). The van der Waals surface area contributed by atoms with E-state index < -0.39 is 6.61 Å². The lowest BCUT2D eigenvalue weighted by atomic mass is 10.1. The number of carbonyl (C=O) groups excluding carboxylic acids is 1. The Morgan fingerprint density at radius 3 is 2.43 bits per heavy atom. The quantitative estimate of drug-likeness (QED) is 0.516. The summed E-state index contributed by atoms with van der Waals surface area (Å²) in [6.07, 6.45) is 2.63. The van der Waals surface area contributed by atoms with Crippen LogP contribution in [0.15, 0.2) is 42.5 Å². The zero-order chi connectivity index (χ0) is 20.5. The highest BCUT2D eigenvalue weighted by Gasteiger charge is 2.14. The van der Waals surface area contributed by atoms with Gasteiger partial charge in [0.05, 0.1) is 13.7 Å². The molecule has 0 spiro atoms. The van der Waals surface area contributed by atoms with Crippen LogP contribution in [0.2, 0.25) is 0 Å². The fraction of sp³-hybridized carbons (Fsp3) is 0.286. The van der Waals surface area contributed by atoms with E-state index in [0.29, 0.717) is 18.7 Å². The van der Waals surface area contributed by atoms with E-state index in [1.807, 2.05) is 32.0 Å². The lowest BCUT2D eigenvalue weighted by Crippen LogP contribution is -2.26. The second-order valence-electron chi connectivity index (χ2n) is 5.95. The van der Waals surface area contributed by atoms with E-state index in [-0.39, 0.29) is 17.4 Å². The second kappa shape index (κ2) is 10.3. The molecule has 2 aromatic rings. The normalized spacial score (nSPS) is 10.9. The highest BCUT2D eigenvalue weighted by molar-refractivity contribution is 5.92. The molecule has 0 aliphatic heterocycles. The van der Waals surface area contributed by atoms with E-state index in [0.717, 1.165) is 16.9 Å². The van der Waals surface area contributed by atoms with Gasteiger partial charge in [0.1, 0.15) is 12.4 Å². The molecule has 7 heteroatoms. The minimum atomic E-state index is -3.00. The third-order valence-corrected chi connectivity index (χ3v) is 3.91. The molecule has 0 aliphatic carbocycles. The molecule has 150 valence electrons. The van der Waals surface area contributed by atoms with Gasteiger partial charge in [-0.05, 0) is 37.1 Å². The number of methoxy groups -OCH3 is 1.